The fourth-order valence-electron chi connectivity index (χ4n) is 4.32. The summed E-state index contributed by atoms with van der Waals surface area (Å²) in [5, 5.41) is 20.3. The van der Waals surface area contributed by atoms with Gasteiger partial charge in [-0.25, -0.2) is 9.97 Å². The molecule has 0 atom stereocenters. The van der Waals surface area contributed by atoms with Crippen molar-refractivity contribution in [3.05, 3.63) is 76.3 Å². The van der Waals surface area contributed by atoms with Crippen molar-refractivity contribution in [1.29, 1.82) is 0 Å². The van der Waals surface area contributed by atoms with Crippen LogP contribution in [0.2, 0.25) is 0 Å². The molecule has 0 fully saturated rings. The van der Waals surface area contributed by atoms with E-state index in [0.717, 1.165) is 57.3 Å². The molecule has 5 rings (SSSR count). The molecule has 36 heavy (non-hydrogen) atoms. The summed E-state index contributed by atoms with van der Waals surface area (Å²) < 4.78 is 5.97. The third-order valence-corrected chi connectivity index (χ3v) is 7.07. The number of hydrogen-bond donors (Lipinski definition) is 2. The normalized spacial score (nSPS) is 13.0. The Bertz CT molecular complexity index is 1420. The Morgan fingerprint density at radius 1 is 1.19 bits per heavy atom. The number of aliphatic hydroxyl groups is 1. The maximum Gasteiger partial charge on any atom is 0.142 e. The number of hydrazone groups is 1. The van der Waals surface area contributed by atoms with Crippen molar-refractivity contribution in [3.8, 4) is 5.75 Å². The third-order valence-electron chi connectivity index (χ3n) is 5.98. The third kappa shape index (κ3) is 5.07. The van der Waals surface area contributed by atoms with Crippen molar-refractivity contribution in [2.75, 3.05) is 18.5 Å². The van der Waals surface area contributed by atoms with E-state index in [0.29, 0.717) is 13.2 Å². The molecule has 0 spiro atoms. The molecule has 0 saturated heterocycles. The van der Waals surface area contributed by atoms with Crippen molar-refractivity contribution >= 4 is 45.3 Å². The predicted octanol–water partition coefficient (Wildman–Crippen LogP) is 5.30. The Morgan fingerprint density at radius 2 is 2.11 bits per heavy atom. The Hall–Kier alpha value is -3.82. The fourth-order valence-corrected chi connectivity index (χ4v) is 5.47. The number of aliphatic hydroxyl groups excluding tert-OH is 1. The molecule has 0 aliphatic heterocycles. The number of fused-ring (bicyclic) bond motifs is 3. The number of nitrogens with zero attached hydrogens (tertiary/aromatic N) is 5. The minimum Gasteiger partial charge on any atom is -0.487 e. The summed E-state index contributed by atoms with van der Waals surface area (Å²) in [5.74, 6) is 1.63. The average molecular weight is 501 g/mol. The summed E-state index contributed by atoms with van der Waals surface area (Å²) in [6.07, 6.45) is 8.99. The van der Waals surface area contributed by atoms with E-state index in [2.05, 4.69) is 37.5 Å². The van der Waals surface area contributed by atoms with Crippen LogP contribution in [0.1, 0.15) is 35.0 Å². The summed E-state index contributed by atoms with van der Waals surface area (Å²) in [4.78, 5) is 15.6. The second-order valence-electron chi connectivity index (χ2n) is 8.42. The van der Waals surface area contributed by atoms with E-state index in [9.17, 15) is 5.11 Å². The zero-order valence-electron chi connectivity index (χ0n) is 20.3. The van der Waals surface area contributed by atoms with Crippen molar-refractivity contribution in [2.45, 2.75) is 33.3 Å². The number of ether oxygens (including phenoxy) is 1. The monoisotopic (exact) mass is 500 g/mol. The summed E-state index contributed by atoms with van der Waals surface area (Å²) in [6.45, 7) is 4.87. The number of hydrogen-bond acceptors (Lipinski definition) is 9. The second kappa shape index (κ2) is 10.8. The van der Waals surface area contributed by atoms with Crippen molar-refractivity contribution in [3.63, 3.8) is 0 Å². The number of pyridine rings is 1. The van der Waals surface area contributed by atoms with E-state index in [-0.39, 0.29) is 6.61 Å². The van der Waals surface area contributed by atoms with Gasteiger partial charge in [-0.15, -0.1) is 11.3 Å². The minimum absolute atomic E-state index is 0.0554. The molecule has 0 unspecified atom stereocenters. The maximum atomic E-state index is 9.42. The van der Waals surface area contributed by atoms with Gasteiger partial charge in [-0.2, -0.15) is 5.10 Å². The molecular weight excluding hydrogens is 472 g/mol. The SMILES string of the molecule is C/C=N\N(CCO)C1=Cc2sc3ncnc(Nc4ccc(OCc5ccccn5)c(C)c4)c3c2CC1. The number of thiophene rings is 1. The first-order chi connectivity index (χ1) is 17.7. The molecular formula is C27H28N6O2S. The predicted molar refractivity (Wildman–Crippen MR) is 145 cm³/mol. The zero-order chi connectivity index (χ0) is 24.9. The first kappa shape index (κ1) is 23.9. The van der Waals surface area contributed by atoms with Crippen LogP contribution in [0.5, 0.6) is 5.75 Å². The molecule has 9 heteroatoms. The van der Waals surface area contributed by atoms with Gasteiger partial charge >= 0.3 is 0 Å². The van der Waals surface area contributed by atoms with Gasteiger partial charge < -0.3 is 15.2 Å². The van der Waals surface area contributed by atoms with Crippen molar-refractivity contribution in [2.24, 2.45) is 5.10 Å². The van der Waals surface area contributed by atoms with Crippen LogP contribution in [0, 0.1) is 6.92 Å². The molecule has 4 aromatic rings. The van der Waals surface area contributed by atoms with Gasteiger partial charge in [0.15, 0.2) is 0 Å². The highest BCUT2D eigenvalue weighted by Gasteiger charge is 2.22. The van der Waals surface area contributed by atoms with E-state index < -0.39 is 0 Å². The smallest absolute Gasteiger partial charge is 0.142 e. The Kier molecular flexibility index (Phi) is 7.20. The van der Waals surface area contributed by atoms with Crippen LogP contribution in [0.15, 0.2) is 59.7 Å². The number of aryl methyl sites for hydroxylation is 2. The number of nitrogens with one attached hydrogen (secondary N) is 1. The van der Waals surface area contributed by atoms with Crippen molar-refractivity contribution < 1.29 is 9.84 Å². The Labute approximate surface area is 214 Å². The fraction of sp³-hybridized carbons (Fsp3) is 0.259. The molecule has 0 radical (unpaired) electrons. The van der Waals surface area contributed by atoms with Gasteiger partial charge in [0.25, 0.3) is 0 Å². The average Bonchev–Trinajstić information content (AvgIpc) is 3.27. The molecule has 3 aromatic heterocycles. The van der Waals surface area contributed by atoms with Gasteiger partial charge in [0.05, 0.1) is 24.2 Å². The number of aromatic nitrogens is 3. The summed E-state index contributed by atoms with van der Waals surface area (Å²) >= 11 is 1.66. The van der Waals surface area contributed by atoms with Crippen LogP contribution in [0.4, 0.5) is 11.5 Å². The van der Waals surface area contributed by atoms with E-state index >= 15 is 0 Å². The lowest BCUT2D eigenvalue weighted by atomic mass is 9.99. The van der Waals surface area contributed by atoms with Crippen molar-refractivity contribution in [1.82, 2.24) is 20.0 Å². The lowest BCUT2D eigenvalue weighted by molar-refractivity contribution is 0.228. The second-order valence-corrected chi connectivity index (χ2v) is 9.45. The quantitative estimate of drug-likeness (QED) is 0.238. The van der Waals surface area contributed by atoms with E-state index in [1.165, 1.54) is 10.4 Å². The molecule has 0 saturated carbocycles. The van der Waals surface area contributed by atoms with Gasteiger partial charge in [-0.3, -0.25) is 9.99 Å². The van der Waals surface area contributed by atoms with Gasteiger partial charge in [-0.05, 0) is 74.2 Å². The molecule has 2 N–H and O–H groups in total. The summed E-state index contributed by atoms with van der Waals surface area (Å²) in [5.41, 5.74) is 5.21. The number of benzene rings is 1. The van der Waals surface area contributed by atoms with Crippen LogP contribution in [-0.2, 0) is 13.0 Å². The minimum atomic E-state index is 0.0554. The number of rotatable bonds is 9. The lowest BCUT2D eigenvalue weighted by Crippen LogP contribution is -2.22. The first-order valence-corrected chi connectivity index (χ1v) is 12.7. The van der Waals surface area contributed by atoms with Gasteiger partial charge in [-0.1, -0.05) is 6.07 Å². The summed E-state index contributed by atoms with van der Waals surface area (Å²) in [6, 6.07) is 11.8. The van der Waals surface area contributed by atoms with E-state index in [4.69, 9.17) is 4.74 Å². The molecule has 184 valence electrons. The van der Waals surface area contributed by atoms with Crippen LogP contribution in [-0.4, -0.2) is 44.4 Å². The highest BCUT2D eigenvalue weighted by molar-refractivity contribution is 7.19. The zero-order valence-corrected chi connectivity index (χ0v) is 21.1. The standard InChI is InChI=1S/C27H28N6O2S/c1-3-31-33(12-13-34)21-8-9-22-24(15-21)36-27-25(22)26(29-17-30-27)32-19-7-10-23(18(2)14-19)35-16-20-6-4-5-11-28-20/h3-7,10-11,14-15,17,34H,8-9,12-13,16H2,1-2H3,(H,29,30,32)/b31-3-. The van der Waals surface area contributed by atoms with Crippen LogP contribution in [0.25, 0.3) is 16.3 Å². The largest absolute Gasteiger partial charge is 0.487 e. The highest BCUT2D eigenvalue weighted by Crippen LogP contribution is 2.40. The molecule has 1 aliphatic rings. The summed E-state index contributed by atoms with van der Waals surface area (Å²) in [7, 11) is 0. The molecule has 8 nitrogen and oxygen atoms in total. The Balaban J connectivity index is 1.38. The number of anilines is 2. The topological polar surface area (TPSA) is 95.8 Å². The van der Waals surface area contributed by atoms with Crippen LogP contribution in [0.3, 0.4) is 0 Å². The number of allylic oxidation sites excluding steroid dienone is 1. The molecule has 0 bridgehead atoms. The van der Waals surface area contributed by atoms with E-state index in [1.807, 2.05) is 49.2 Å². The lowest BCUT2D eigenvalue weighted by Gasteiger charge is -2.24. The van der Waals surface area contributed by atoms with Gasteiger partial charge in [0.2, 0.25) is 0 Å². The molecule has 0 amide bonds. The molecule has 1 aliphatic carbocycles. The molecule has 3 heterocycles. The van der Waals surface area contributed by atoms with Crippen LogP contribution < -0.4 is 10.1 Å². The van der Waals surface area contributed by atoms with Gasteiger partial charge in [0.1, 0.15) is 29.3 Å². The van der Waals surface area contributed by atoms with Gasteiger partial charge in [0, 0.05) is 28.7 Å². The first-order valence-electron chi connectivity index (χ1n) is 11.9. The molecule has 1 aromatic carbocycles. The van der Waals surface area contributed by atoms with Crippen LogP contribution >= 0.6 is 11.3 Å². The van der Waals surface area contributed by atoms with E-state index in [1.54, 1.807) is 30.1 Å². The Morgan fingerprint density at radius 3 is 2.89 bits per heavy atom. The maximum absolute atomic E-state index is 9.42. The highest BCUT2D eigenvalue weighted by atomic mass is 32.1.